The zero-order valence-electron chi connectivity index (χ0n) is 8.31. The van der Waals surface area contributed by atoms with Crippen LogP contribution >= 0.6 is 0 Å². The molecule has 0 fully saturated rings. The standard InChI is InChI=1S/C13H7FN2/c14-8-5-6-10-9-3-1-2-4-11(9)13(16-15)12(10)7-8/h1-7H. The summed E-state index contributed by atoms with van der Waals surface area (Å²) in [5.74, 6) is -0.326. The summed E-state index contributed by atoms with van der Waals surface area (Å²) in [5, 5.41) is 0. The molecule has 0 heterocycles. The Morgan fingerprint density at radius 2 is 1.56 bits per heavy atom. The molecule has 2 nitrogen and oxygen atoms in total. The molecule has 2 aromatic carbocycles. The minimum absolute atomic E-state index is 0.326. The number of halogens is 1. The van der Waals surface area contributed by atoms with Gasteiger partial charge in [0.2, 0.25) is 0 Å². The average Bonchev–Trinajstić information content (AvgIpc) is 2.61. The molecule has 1 aliphatic rings. The molecule has 0 amide bonds. The van der Waals surface area contributed by atoms with Crippen LogP contribution in [0.1, 0.15) is 11.1 Å². The quantitative estimate of drug-likeness (QED) is 0.404. The maximum absolute atomic E-state index is 13.2. The van der Waals surface area contributed by atoms with E-state index in [4.69, 9.17) is 5.53 Å². The summed E-state index contributed by atoms with van der Waals surface area (Å²) in [5.41, 5.74) is 12.8. The number of nitrogens with zero attached hydrogens (tertiary/aromatic N) is 2. The van der Waals surface area contributed by atoms with Crippen molar-refractivity contribution in [2.75, 3.05) is 0 Å². The molecule has 0 bridgehead atoms. The topological polar surface area (TPSA) is 36.4 Å². The lowest BCUT2D eigenvalue weighted by Crippen LogP contribution is -1.99. The molecule has 0 N–H and O–H groups in total. The summed E-state index contributed by atoms with van der Waals surface area (Å²) >= 11 is 0. The van der Waals surface area contributed by atoms with Gasteiger partial charge in [-0.1, -0.05) is 24.3 Å². The van der Waals surface area contributed by atoms with Gasteiger partial charge in [-0.25, -0.2) is 4.39 Å². The predicted molar refractivity (Wildman–Crippen MR) is 58.7 cm³/mol. The molecule has 3 heteroatoms. The first-order valence-corrected chi connectivity index (χ1v) is 4.93. The molecule has 0 unspecified atom stereocenters. The van der Waals surface area contributed by atoms with Crippen LogP contribution in [-0.2, 0) is 0 Å². The predicted octanol–water partition coefficient (Wildman–Crippen LogP) is 2.87. The highest BCUT2D eigenvalue weighted by molar-refractivity contribution is 6.21. The molecule has 0 spiro atoms. The van der Waals surface area contributed by atoms with Gasteiger partial charge in [0.1, 0.15) is 5.82 Å². The highest BCUT2D eigenvalue weighted by atomic mass is 19.1. The van der Waals surface area contributed by atoms with E-state index in [0.29, 0.717) is 11.3 Å². The van der Waals surface area contributed by atoms with Gasteiger partial charge in [0.25, 0.3) is 0 Å². The van der Waals surface area contributed by atoms with Crippen LogP contribution in [0.3, 0.4) is 0 Å². The second-order valence-electron chi connectivity index (χ2n) is 3.68. The minimum Gasteiger partial charge on any atom is -0.361 e. The molecular weight excluding hydrogens is 203 g/mol. The molecule has 2 aromatic rings. The van der Waals surface area contributed by atoms with Crippen LogP contribution in [0.15, 0.2) is 42.5 Å². The number of rotatable bonds is 0. The third-order valence-electron chi connectivity index (χ3n) is 2.81. The lowest BCUT2D eigenvalue weighted by atomic mass is 10.1. The van der Waals surface area contributed by atoms with E-state index in [1.54, 1.807) is 6.07 Å². The SMILES string of the molecule is [N-]=[N+]=C1c2ccccc2-c2ccc(F)cc21. The molecular formula is C13H7FN2. The normalized spacial score (nSPS) is 11.9. The van der Waals surface area contributed by atoms with Crippen LogP contribution in [0.5, 0.6) is 0 Å². The van der Waals surface area contributed by atoms with E-state index in [-0.39, 0.29) is 5.82 Å². The first kappa shape index (κ1) is 9.01. The van der Waals surface area contributed by atoms with E-state index >= 15 is 0 Å². The van der Waals surface area contributed by atoms with Gasteiger partial charge in [-0.2, -0.15) is 4.79 Å². The van der Waals surface area contributed by atoms with Gasteiger partial charge in [-0.15, -0.1) is 0 Å². The number of fused-ring (bicyclic) bond motifs is 3. The van der Waals surface area contributed by atoms with Gasteiger partial charge >= 0.3 is 5.71 Å². The average molecular weight is 210 g/mol. The lowest BCUT2D eigenvalue weighted by molar-refractivity contribution is -0.00245. The van der Waals surface area contributed by atoms with Crippen LogP contribution < -0.4 is 0 Å². The highest BCUT2D eigenvalue weighted by Gasteiger charge is 2.30. The lowest BCUT2D eigenvalue weighted by Gasteiger charge is -1.96. The van der Waals surface area contributed by atoms with Crippen molar-refractivity contribution in [3.63, 3.8) is 0 Å². The first-order valence-electron chi connectivity index (χ1n) is 4.93. The van der Waals surface area contributed by atoms with Gasteiger partial charge in [0.15, 0.2) is 0 Å². The highest BCUT2D eigenvalue weighted by Crippen LogP contribution is 2.36. The summed E-state index contributed by atoms with van der Waals surface area (Å²) in [6.45, 7) is 0. The molecule has 1 aliphatic carbocycles. The minimum atomic E-state index is -0.326. The van der Waals surface area contributed by atoms with Crippen molar-refractivity contribution in [1.29, 1.82) is 0 Å². The van der Waals surface area contributed by atoms with E-state index in [9.17, 15) is 4.39 Å². The first-order chi connectivity index (χ1) is 7.81. The number of benzene rings is 2. The maximum Gasteiger partial charge on any atom is 0.331 e. The van der Waals surface area contributed by atoms with E-state index in [0.717, 1.165) is 16.7 Å². The Morgan fingerprint density at radius 3 is 2.31 bits per heavy atom. The van der Waals surface area contributed by atoms with Gasteiger partial charge in [0, 0.05) is 0 Å². The Morgan fingerprint density at radius 1 is 0.875 bits per heavy atom. The maximum atomic E-state index is 13.2. The van der Waals surface area contributed by atoms with Crippen LogP contribution in [0.2, 0.25) is 0 Å². The van der Waals surface area contributed by atoms with Crippen molar-refractivity contribution in [3.8, 4) is 11.1 Å². The smallest absolute Gasteiger partial charge is 0.331 e. The Hall–Kier alpha value is -2.25. The summed E-state index contributed by atoms with van der Waals surface area (Å²) in [6, 6.07) is 12.1. The van der Waals surface area contributed by atoms with E-state index in [1.165, 1.54) is 12.1 Å². The Bertz CT molecular complexity index is 640. The molecule has 16 heavy (non-hydrogen) atoms. The second-order valence-corrected chi connectivity index (χ2v) is 3.68. The Kier molecular flexibility index (Phi) is 1.76. The van der Waals surface area contributed by atoms with E-state index in [1.807, 2.05) is 24.3 Å². The molecule has 0 saturated carbocycles. The molecule has 0 aliphatic heterocycles. The van der Waals surface area contributed by atoms with E-state index in [2.05, 4.69) is 4.79 Å². The molecule has 0 aromatic heterocycles. The van der Waals surface area contributed by atoms with Crippen molar-refractivity contribution < 1.29 is 9.18 Å². The second kappa shape index (κ2) is 3.12. The van der Waals surface area contributed by atoms with Gasteiger partial charge in [0.05, 0.1) is 11.1 Å². The molecule has 0 atom stereocenters. The van der Waals surface area contributed by atoms with Crippen molar-refractivity contribution in [2.24, 2.45) is 0 Å². The number of hydrogen-bond acceptors (Lipinski definition) is 0. The van der Waals surface area contributed by atoms with Gasteiger partial charge in [-0.05, 0) is 29.3 Å². The van der Waals surface area contributed by atoms with E-state index < -0.39 is 0 Å². The van der Waals surface area contributed by atoms with Gasteiger partial charge < -0.3 is 5.53 Å². The zero-order valence-corrected chi connectivity index (χ0v) is 8.31. The fourth-order valence-corrected chi connectivity index (χ4v) is 2.12. The monoisotopic (exact) mass is 210 g/mol. The van der Waals surface area contributed by atoms with Crippen molar-refractivity contribution in [3.05, 3.63) is 64.9 Å². The summed E-state index contributed by atoms with van der Waals surface area (Å²) in [4.78, 5) is 3.26. The summed E-state index contributed by atoms with van der Waals surface area (Å²) in [6.07, 6.45) is 0. The van der Waals surface area contributed by atoms with Crippen LogP contribution in [0.4, 0.5) is 4.39 Å². The third kappa shape index (κ3) is 1.06. The third-order valence-corrected chi connectivity index (χ3v) is 2.81. The number of hydrogen-bond donors (Lipinski definition) is 0. The summed E-state index contributed by atoms with van der Waals surface area (Å²) < 4.78 is 13.2. The molecule has 0 radical (unpaired) electrons. The van der Waals surface area contributed by atoms with Crippen molar-refractivity contribution in [2.45, 2.75) is 0 Å². The largest absolute Gasteiger partial charge is 0.361 e. The fraction of sp³-hybridized carbons (Fsp3) is 0. The summed E-state index contributed by atoms with van der Waals surface area (Å²) in [7, 11) is 0. The van der Waals surface area contributed by atoms with Crippen LogP contribution in [0.25, 0.3) is 16.7 Å². The zero-order chi connectivity index (χ0) is 11.1. The van der Waals surface area contributed by atoms with Crippen molar-refractivity contribution >= 4 is 5.71 Å². The molecule has 76 valence electrons. The molecule has 0 saturated heterocycles. The van der Waals surface area contributed by atoms with Gasteiger partial charge in [-0.3, -0.25) is 0 Å². The Balaban J connectivity index is 2.43. The Labute approximate surface area is 91.6 Å². The van der Waals surface area contributed by atoms with Crippen LogP contribution in [0, 0.1) is 5.82 Å². The van der Waals surface area contributed by atoms with Crippen LogP contribution in [-0.4, -0.2) is 10.5 Å². The fourth-order valence-electron chi connectivity index (χ4n) is 2.12. The van der Waals surface area contributed by atoms with Crippen molar-refractivity contribution in [1.82, 2.24) is 0 Å². The molecule has 3 rings (SSSR count).